The van der Waals surface area contributed by atoms with E-state index in [-0.39, 0.29) is 10.7 Å². The Kier molecular flexibility index (Phi) is 5.50. The molecule has 0 aliphatic carbocycles. The summed E-state index contributed by atoms with van der Waals surface area (Å²) in [6.45, 7) is 1.41. The molecule has 1 aromatic heterocycles. The minimum absolute atomic E-state index is 0.184. The molecule has 3 aromatic rings. The fourth-order valence-corrected chi connectivity index (χ4v) is 4.77. The highest BCUT2D eigenvalue weighted by molar-refractivity contribution is 7.88. The summed E-state index contributed by atoms with van der Waals surface area (Å²) in [6, 6.07) is 4.62. The standard InChI is InChI=1S/C19H17ClF4N4O3S/c1-32(30,31)27-4-2-26(3-5-27)16-6-11-10-25-28(15(11)9-14(16)20)12-7-13(19(22,23)24)18(21)17(29)8-12/h6-10,29H,2-5H2,1H3. The minimum Gasteiger partial charge on any atom is -0.505 e. The lowest BCUT2D eigenvalue weighted by Gasteiger charge is -2.35. The molecule has 172 valence electrons. The molecular weight excluding hydrogens is 476 g/mol. The fourth-order valence-electron chi connectivity index (χ4n) is 3.67. The summed E-state index contributed by atoms with van der Waals surface area (Å²) in [5.41, 5.74) is -0.808. The van der Waals surface area contributed by atoms with Gasteiger partial charge in [-0.05, 0) is 18.2 Å². The van der Waals surface area contributed by atoms with Crippen LogP contribution >= 0.6 is 11.6 Å². The van der Waals surface area contributed by atoms with Crippen molar-refractivity contribution in [3.05, 3.63) is 46.9 Å². The number of alkyl halides is 3. The summed E-state index contributed by atoms with van der Waals surface area (Å²) in [7, 11) is -3.29. The van der Waals surface area contributed by atoms with Crippen LogP contribution in [-0.2, 0) is 16.2 Å². The van der Waals surface area contributed by atoms with E-state index in [1.807, 2.05) is 4.90 Å². The smallest absolute Gasteiger partial charge is 0.419 e. The van der Waals surface area contributed by atoms with Gasteiger partial charge in [-0.25, -0.2) is 17.5 Å². The Morgan fingerprint density at radius 3 is 2.34 bits per heavy atom. The number of piperazine rings is 1. The van der Waals surface area contributed by atoms with Crippen LogP contribution in [0.5, 0.6) is 5.75 Å². The summed E-state index contributed by atoms with van der Waals surface area (Å²) in [5, 5.41) is 14.6. The maximum Gasteiger partial charge on any atom is 0.419 e. The highest BCUT2D eigenvalue weighted by Gasteiger charge is 2.36. The molecule has 0 atom stereocenters. The highest BCUT2D eigenvalue weighted by Crippen LogP contribution is 2.38. The molecule has 4 rings (SSSR count). The molecule has 0 saturated carbocycles. The number of hydrogen-bond acceptors (Lipinski definition) is 5. The van der Waals surface area contributed by atoms with Crippen molar-refractivity contribution in [3.63, 3.8) is 0 Å². The van der Waals surface area contributed by atoms with Gasteiger partial charge in [0.05, 0.1) is 39.9 Å². The van der Waals surface area contributed by atoms with Crippen molar-refractivity contribution in [1.82, 2.24) is 14.1 Å². The molecule has 1 aliphatic heterocycles. The minimum atomic E-state index is -5.00. The van der Waals surface area contributed by atoms with E-state index < -0.39 is 33.3 Å². The van der Waals surface area contributed by atoms with E-state index in [1.165, 1.54) is 16.6 Å². The number of hydrogen-bond donors (Lipinski definition) is 1. The maximum atomic E-state index is 13.8. The Morgan fingerprint density at radius 2 is 1.75 bits per heavy atom. The van der Waals surface area contributed by atoms with Gasteiger partial charge in [-0.2, -0.15) is 22.6 Å². The van der Waals surface area contributed by atoms with E-state index in [0.717, 1.165) is 17.0 Å². The van der Waals surface area contributed by atoms with Crippen LogP contribution in [0.25, 0.3) is 16.6 Å². The third-order valence-electron chi connectivity index (χ3n) is 5.27. The molecule has 0 amide bonds. The number of nitrogens with zero attached hydrogens (tertiary/aromatic N) is 4. The number of benzene rings is 2. The lowest BCUT2D eigenvalue weighted by atomic mass is 10.1. The number of fused-ring (bicyclic) bond motifs is 1. The largest absolute Gasteiger partial charge is 0.505 e. The van der Waals surface area contributed by atoms with Crippen molar-refractivity contribution in [2.24, 2.45) is 0 Å². The Labute approximate surface area is 185 Å². The SMILES string of the molecule is CS(=O)(=O)N1CCN(c2cc3cnn(-c4cc(O)c(F)c(C(F)(F)F)c4)c3cc2Cl)CC1. The lowest BCUT2D eigenvalue weighted by Crippen LogP contribution is -2.48. The summed E-state index contributed by atoms with van der Waals surface area (Å²) < 4.78 is 79.1. The Bertz CT molecular complexity index is 1300. The topological polar surface area (TPSA) is 78.7 Å². The molecule has 2 aromatic carbocycles. The van der Waals surface area contributed by atoms with Crippen LogP contribution < -0.4 is 4.90 Å². The number of rotatable bonds is 3. The van der Waals surface area contributed by atoms with Gasteiger partial charge in [-0.15, -0.1) is 0 Å². The molecule has 1 N–H and O–H groups in total. The first-order valence-electron chi connectivity index (χ1n) is 9.33. The molecule has 7 nitrogen and oxygen atoms in total. The number of phenols is 1. The van der Waals surface area contributed by atoms with E-state index in [9.17, 15) is 31.1 Å². The van der Waals surface area contributed by atoms with E-state index in [1.54, 1.807) is 6.07 Å². The predicted molar refractivity (Wildman–Crippen MR) is 111 cm³/mol. The number of phenolic OH excluding ortho intramolecular Hbond substituents is 1. The van der Waals surface area contributed by atoms with Crippen LogP contribution in [0.15, 0.2) is 30.5 Å². The van der Waals surface area contributed by atoms with Gasteiger partial charge in [-0.1, -0.05) is 11.6 Å². The number of sulfonamides is 1. The normalized spacial score (nSPS) is 16.1. The van der Waals surface area contributed by atoms with Crippen molar-refractivity contribution < 1.29 is 31.1 Å². The number of aromatic hydroxyl groups is 1. The molecule has 1 aliphatic rings. The molecule has 2 heterocycles. The molecule has 0 spiro atoms. The lowest BCUT2D eigenvalue weighted by molar-refractivity contribution is -0.140. The molecule has 1 saturated heterocycles. The van der Waals surface area contributed by atoms with E-state index in [4.69, 9.17) is 11.6 Å². The van der Waals surface area contributed by atoms with Gasteiger partial charge in [0.25, 0.3) is 0 Å². The Balaban J connectivity index is 1.71. The molecule has 0 unspecified atom stereocenters. The van der Waals surface area contributed by atoms with Crippen molar-refractivity contribution in [3.8, 4) is 11.4 Å². The van der Waals surface area contributed by atoms with Crippen molar-refractivity contribution >= 4 is 38.2 Å². The van der Waals surface area contributed by atoms with Gasteiger partial charge in [-0.3, -0.25) is 0 Å². The van der Waals surface area contributed by atoms with Crippen molar-refractivity contribution in [2.45, 2.75) is 6.18 Å². The van der Waals surface area contributed by atoms with Gasteiger partial charge in [0.2, 0.25) is 10.0 Å². The molecular formula is C19H17ClF4N4O3S. The summed E-state index contributed by atoms with van der Waals surface area (Å²) in [4.78, 5) is 1.91. The predicted octanol–water partition coefficient (Wildman–Crippen LogP) is 3.62. The van der Waals surface area contributed by atoms with E-state index in [2.05, 4.69) is 5.10 Å². The van der Waals surface area contributed by atoms with E-state index in [0.29, 0.717) is 48.8 Å². The average molecular weight is 493 g/mol. The molecule has 13 heteroatoms. The zero-order chi connectivity index (χ0) is 23.4. The zero-order valence-corrected chi connectivity index (χ0v) is 18.1. The van der Waals surface area contributed by atoms with Crippen LogP contribution in [0.4, 0.5) is 23.2 Å². The first-order valence-corrected chi connectivity index (χ1v) is 11.6. The van der Waals surface area contributed by atoms with Crippen LogP contribution in [0.3, 0.4) is 0 Å². The summed E-state index contributed by atoms with van der Waals surface area (Å²) >= 11 is 6.44. The highest BCUT2D eigenvalue weighted by atomic mass is 35.5. The Morgan fingerprint density at radius 1 is 1.09 bits per heavy atom. The third kappa shape index (κ3) is 4.09. The number of halogens is 5. The van der Waals surface area contributed by atoms with E-state index >= 15 is 0 Å². The fraction of sp³-hybridized carbons (Fsp3) is 0.316. The molecule has 32 heavy (non-hydrogen) atoms. The van der Waals surface area contributed by atoms with Gasteiger partial charge in [0.15, 0.2) is 11.6 Å². The van der Waals surface area contributed by atoms with Crippen LogP contribution in [0, 0.1) is 5.82 Å². The van der Waals surface area contributed by atoms with Crippen LogP contribution in [0.2, 0.25) is 5.02 Å². The maximum absolute atomic E-state index is 13.8. The van der Waals surface area contributed by atoms with Gasteiger partial charge in [0, 0.05) is 37.6 Å². The summed E-state index contributed by atoms with van der Waals surface area (Å²) in [5.74, 6) is -2.91. The van der Waals surface area contributed by atoms with Crippen LogP contribution in [-0.4, -0.2) is 60.0 Å². The monoisotopic (exact) mass is 492 g/mol. The van der Waals surface area contributed by atoms with Gasteiger partial charge >= 0.3 is 6.18 Å². The quantitative estimate of drug-likeness (QED) is 0.565. The van der Waals surface area contributed by atoms with Crippen LogP contribution in [0.1, 0.15) is 5.56 Å². The van der Waals surface area contributed by atoms with Crippen molar-refractivity contribution in [2.75, 3.05) is 37.3 Å². The third-order valence-corrected chi connectivity index (χ3v) is 6.88. The summed E-state index contributed by atoms with van der Waals surface area (Å²) in [6.07, 6.45) is -2.44. The second-order valence-corrected chi connectivity index (χ2v) is 9.78. The first-order chi connectivity index (χ1) is 14.9. The zero-order valence-electron chi connectivity index (χ0n) is 16.6. The number of anilines is 1. The van der Waals surface area contributed by atoms with Crippen molar-refractivity contribution in [1.29, 1.82) is 0 Å². The average Bonchev–Trinajstić information content (AvgIpc) is 3.10. The van der Waals surface area contributed by atoms with Gasteiger partial charge < -0.3 is 10.0 Å². The number of aromatic nitrogens is 2. The van der Waals surface area contributed by atoms with Gasteiger partial charge in [0.1, 0.15) is 0 Å². The molecule has 0 radical (unpaired) electrons. The first kappa shape index (κ1) is 22.6. The molecule has 1 fully saturated rings. The molecule has 0 bridgehead atoms. The second-order valence-electron chi connectivity index (χ2n) is 7.39. The Hall–Kier alpha value is -2.57. The second kappa shape index (κ2) is 7.78.